The van der Waals surface area contributed by atoms with E-state index in [0.29, 0.717) is 12.3 Å². The molecule has 3 rings (SSSR count). The van der Waals surface area contributed by atoms with Gasteiger partial charge in [0.2, 0.25) is 0 Å². The number of fused-ring (bicyclic) bond motifs is 1. The summed E-state index contributed by atoms with van der Waals surface area (Å²) in [5, 5.41) is 6.16. The van der Waals surface area contributed by atoms with E-state index in [1.54, 1.807) is 6.07 Å². The summed E-state index contributed by atoms with van der Waals surface area (Å²) in [5.74, 6) is -0.671. The molecule has 0 aliphatic heterocycles. The van der Waals surface area contributed by atoms with Gasteiger partial charge in [0.15, 0.2) is 0 Å². The van der Waals surface area contributed by atoms with Crippen molar-refractivity contribution in [2.24, 2.45) is 0 Å². The monoisotopic (exact) mass is 363 g/mol. The lowest BCUT2D eigenvalue weighted by Gasteiger charge is -2.15. The van der Waals surface area contributed by atoms with Crippen molar-refractivity contribution in [1.82, 2.24) is 10.3 Å². The van der Waals surface area contributed by atoms with Crippen molar-refractivity contribution in [3.63, 3.8) is 0 Å². The third-order valence-electron chi connectivity index (χ3n) is 4.09. The van der Waals surface area contributed by atoms with Crippen LogP contribution in [0.15, 0.2) is 60.8 Å². The molecule has 2 aromatic carbocycles. The van der Waals surface area contributed by atoms with Gasteiger partial charge in [0, 0.05) is 5.39 Å². The lowest BCUT2D eigenvalue weighted by Crippen LogP contribution is -2.36. The Kier molecular flexibility index (Phi) is 5.66. The predicted octanol–water partition coefficient (Wildman–Crippen LogP) is 3.45. The Morgan fingerprint density at radius 2 is 1.81 bits per heavy atom. The maximum absolute atomic E-state index is 12.2. The molecule has 6 heteroatoms. The fourth-order valence-corrected chi connectivity index (χ4v) is 2.69. The quantitative estimate of drug-likeness (QED) is 0.681. The lowest BCUT2D eigenvalue weighted by atomic mass is 10.1. The zero-order valence-electron chi connectivity index (χ0n) is 15.2. The molecule has 0 saturated carbocycles. The van der Waals surface area contributed by atoms with Crippen LogP contribution in [0.4, 0.5) is 5.69 Å². The Bertz CT molecular complexity index is 954. The molecule has 0 fully saturated rings. The molecule has 0 aliphatic rings. The molecule has 0 radical (unpaired) electrons. The van der Waals surface area contributed by atoms with Crippen molar-refractivity contribution in [1.29, 1.82) is 0 Å². The average molecular weight is 363 g/mol. The van der Waals surface area contributed by atoms with Crippen LogP contribution < -0.4 is 15.4 Å². The third-order valence-corrected chi connectivity index (χ3v) is 4.09. The molecule has 1 heterocycles. The van der Waals surface area contributed by atoms with Crippen LogP contribution in [0.1, 0.15) is 25.5 Å². The van der Waals surface area contributed by atoms with Gasteiger partial charge in [-0.2, -0.15) is 0 Å². The van der Waals surface area contributed by atoms with Crippen LogP contribution in [-0.4, -0.2) is 23.4 Å². The molecule has 2 N–H and O–H groups in total. The van der Waals surface area contributed by atoms with Crippen molar-refractivity contribution in [3.8, 4) is 5.75 Å². The number of hydrogen-bond acceptors (Lipinski definition) is 4. The SMILES string of the molecule is CCOc1ccc([C@H](C)NC(=O)C(=O)Nc2cnc3ccccc3c2)cc1. The number of amides is 2. The van der Waals surface area contributed by atoms with Crippen molar-refractivity contribution in [2.45, 2.75) is 19.9 Å². The maximum Gasteiger partial charge on any atom is 0.313 e. The molecular weight excluding hydrogens is 342 g/mol. The molecule has 0 bridgehead atoms. The van der Waals surface area contributed by atoms with Crippen molar-refractivity contribution >= 4 is 28.4 Å². The summed E-state index contributed by atoms with van der Waals surface area (Å²) < 4.78 is 5.40. The highest BCUT2D eigenvalue weighted by Gasteiger charge is 2.17. The Balaban J connectivity index is 1.61. The fourth-order valence-electron chi connectivity index (χ4n) is 2.69. The average Bonchev–Trinajstić information content (AvgIpc) is 2.68. The summed E-state index contributed by atoms with van der Waals surface area (Å²) in [4.78, 5) is 28.6. The number of nitrogens with one attached hydrogen (secondary N) is 2. The number of carbonyl (C=O) groups excluding carboxylic acids is 2. The standard InChI is InChI=1S/C21H21N3O3/c1-3-27-18-10-8-15(9-11-18)14(2)23-20(25)21(26)24-17-12-16-6-4-5-7-19(16)22-13-17/h4-14H,3H2,1-2H3,(H,23,25)(H,24,26)/t14-/m0/s1. The third kappa shape index (κ3) is 4.61. The maximum atomic E-state index is 12.2. The fraction of sp³-hybridized carbons (Fsp3) is 0.190. The molecule has 6 nitrogen and oxygen atoms in total. The van der Waals surface area contributed by atoms with E-state index in [4.69, 9.17) is 4.74 Å². The minimum absolute atomic E-state index is 0.311. The number of hydrogen-bond donors (Lipinski definition) is 2. The Labute approximate surface area is 157 Å². The molecule has 3 aromatic rings. The molecule has 27 heavy (non-hydrogen) atoms. The highest BCUT2D eigenvalue weighted by molar-refractivity contribution is 6.39. The highest BCUT2D eigenvalue weighted by atomic mass is 16.5. The first kappa shape index (κ1) is 18.4. The summed E-state index contributed by atoms with van der Waals surface area (Å²) in [6.07, 6.45) is 1.53. The first-order valence-corrected chi connectivity index (χ1v) is 8.76. The zero-order chi connectivity index (χ0) is 19.2. The van der Waals surface area contributed by atoms with Crippen molar-refractivity contribution < 1.29 is 14.3 Å². The Morgan fingerprint density at radius 3 is 2.56 bits per heavy atom. The van der Waals surface area contributed by atoms with Gasteiger partial charge in [0.25, 0.3) is 0 Å². The number of ether oxygens (including phenoxy) is 1. The van der Waals surface area contributed by atoms with Crippen molar-refractivity contribution in [2.75, 3.05) is 11.9 Å². The van der Waals surface area contributed by atoms with Crippen LogP contribution in [0.3, 0.4) is 0 Å². The number of aromatic nitrogens is 1. The minimum atomic E-state index is -0.732. The summed E-state index contributed by atoms with van der Waals surface area (Å²) in [6, 6.07) is 16.4. The number of benzene rings is 2. The molecule has 2 amide bonds. The van der Waals surface area contributed by atoms with Crippen LogP contribution in [0.5, 0.6) is 5.75 Å². The normalized spacial score (nSPS) is 11.6. The van der Waals surface area contributed by atoms with Gasteiger partial charge >= 0.3 is 11.8 Å². The summed E-state index contributed by atoms with van der Waals surface area (Å²) >= 11 is 0. The molecular formula is C21H21N3O3. The molecule has 0 saturated heterocycles. The van der Waals surface area contributed by atoms with Gasteiger partial charge in [-0.05, 0) is 43.7 Å². The van der Waals surface area contributed by atoms with Gasteiger partial charge in [0.1, 0.15) is 5.75 Å². The second kappa shape index (κ2) is 8.31. The largest absolute Gasteiger partial charge is 0.494 e. The van der Waals surface area contributed by atoms with E-state index < -0.39 is 11.8 Å². The van der Waals surface area contributed by atoms with Crippen molar-refractivity contribution in [3.05, 3.63) is 66.4 Å². The number of pyridine rings is 1. The molecule has 1 atom stereocenters. The number of carbonyl (C=O) groups is 2. The van der Waals surface area contributed by atoms with Crippen LogP contribution >= 0.6 is 0 Å². The number of anilines is 1. The second-order valence-electron chi connectivity index (χ2n) is 6.07. The number of nitrogens with zero attached hydrogens (tertiary/aromatic N) is 1. The van der Waals surface area contributed by atoms with E-state index >= 15 is 0 Å². The summed E-state index contributed by atoms with van der Waals surface area (Å²) in [6.45, 7) is 4.33. The van der Waals surface area contributed by atoms with E-state index in [1.165, 1.54) is 6.20 Å². The molecule has 138 valence electrons. The molecule has 1 aromatic heterocycles. The van der Waals surface area contributed by atoms with E-state index in [-0.39, 0.29) is 6.04 Å². The minimum Gasteiger partial charge on any atom is -0.494 e. The zero-order valence-corrected chi connectivity index (χ0v) is 15.2. The van der Waals surface area contributed by atoms with Gasteiger partial charge in [-0.25, -0.2) is 0 Å². The van der Waals surface area contributed by atoms with Crippen LogP contribution in [0, 0.1) is 0 Å². The van der Waals surface area contributed by atoms with Gasteiger partial charge in [-0.1, -0.05) is 30.3 Å². The predicted molar refractivity (Wildman–Crippen MR) is 105 cm³/mol. The molecule has 0 aliphatic carbocycles. The molecule has 0 spiro atoms. The van der Waals surface area contributed by atoms with Crippen LogP contribution in [-0.2, 0) is 9.59 Å². The Morgan fingerprint density at radius 1 is 1.07 bits per heavy atom. The molecule has 0 unspecified atom stereocenters. The van der Waals surface area contributed by atoms with Crippen LogP contribution in [0.2, 0.25) is 0 Å². The smallest absolute Gasteiger partial charge is 0.313 e. The summed E-state index contributed by atoms with van der Waals surface area (Å²) in [5.41, 5.74) is 2.18. The summed E-state index contributed by atoms with van der Waals surface area (Å²) in [7, 11) is 0. The topological polar surface area (TPSA) is 80.3 Å². The first-order chi connectivity index (χ1) is 13.1. The second-order valence-corrected chi connectivity index (χ2v) is 6.07. The van der Waals surface area contributed by atoms with E-state index in [1.807, 2.05) is 62.4 Å². The highest BCUT2D eigenvalue weighted by Crippen LogP contribution is 2.18. The van der Waals surface area contributed by atoms with Gasteiger partial charge in [0.05, 0.1) is 30.0 Å². The van der Waals surface area contributed by atoms with Gasteiger partial charge < -0.3 is 15.4 Å². The van der Waals surface area contributed by atoms with Gasteiger partial charge in [-0.3, -0.25) is 14.6 Å². The lowest BCUT2D eigenvalue weighted by molar-refractivity contribution is -0.136. The van der Waals surface area contributed by atoms with E-state index in [2.05, 4.69) is 15.6 Å². The number of rotatable bonds is 5. The number of para-hydroxylation sites is 1. The van der Waals surface area contributed by atoms with Crippen LogP contribution in [0.25, 0.3) is 10.9 Å². The first-order valence-electron chi connectivity index (χ1n) is 8.76. The van der Waals surface area contributed by atoms with Gasteiger partial charge in [-0.15, -0.1) is 0 Å². The Hall–Kier alpha value is -3.41. The van der Waals surface area contributed by atoms with E-state index in [0.717, 1.165) is 22.2 Å². The van der Waals surface area contributed by atoms with E-state index in [9.17, 15) is 9.59 Å².